The van der Waals surface area contributed by atoms with E-state index in [0.29, 0.717) is 0 Å². The van der Waals surface area contributed by atoms with E-state index in [1.807, 2.05) is 0 Å². The SMILES string of the molecule is CC[Si](CC)CCCc1ccccc1. The Morgan fingerprint density at radius 3 is 2.21 bits per heavy atom. The maximum absolute atomic E-state index is 2.35. The van der Waals surface area contributed by atoms with Gasteiger partial charge in [0.25, 0.3) is 0 Å². The van der Waals surface area contributed by atoms with E-state index in [1.165, 1.54) is 36.5 Å². The summed E-state index contributed by atoms with van der Waals surface area (Å²) < 4.78 is 0. The predicted molar refractivity (Wildman–Crippen MR) is 66.3 cm³/mol. The van der Waals surface area contributed by atoms with Crippen molar-refractivity contribution in [3.8, 4) is 0 Å². The Labute approximate surface area is 90.0 Å². The van der Waals surface area contributed by atoms with Crippen LogP contribution in [-0.2, 0) is 6.42 Å². The molecule has 0 N–H and O–H groups in total. The zero-order chi connectivity index (χ0) is 10.2. The van der Waals surface area contributed by atoms with Gasteiger partial charge in [-0.1, -0.05) is 68.7 Å². The summed E-state index contributed by atoms with van der Waals surface area (Å²) in [6, 6.07) is 15.2. The van der Waals surface area contributed by atoms with Gasteiger partial charge in [0.15, 0.2) is 0 Å². The molecular weight excluding hydrogens is 184 g/mol. The van der Waals surface area contributed by atoms with Crippen LogP contribution < -0.4 is 0 Å². The van der Waals surface area contributed by atoms with Crippen molar-refractivity contribution >= 4 is 8.80 Å². The van der Waals surface area contributed by atoms with Crippen molar-refractivity contribution in [2.75, 3.05) is 0 Å². The first-order valence-electron chi connectivity index (χ1n) is 5.74. The van der Waals surface area contributed by atoms with Crippen molar-refractivity contribution in [3.05, 3.63) is 35.9 Å². The van der Waals surface area contributed by atoms with Gasteiger partial charge in [0.2, 0.25) is 0 Å². The van der Waals surface area contributed by atoms with Crippen LogP contribution >= 0.6 is 0 Å². The van der Waals surface area contributed by atoms with Crippen molar-refractivity contribution in [1.82, 2.24) is 0 Å². The van der Waals surface area contributed by atoms with Crippen LogP contribution in [0.2, 0.25) is 18.1 Å². The van der Waals surface area contributed by atoms with Crippen molar-refractivity contribution in [2.24, 2.45) is 0 Å². The zero-order valence-electron chi connectivity index (χ0n) is 9.42. The van der Waals surface area contributed by atoms with Gasteiger partial charge in [-0.3, -0.25) is 0 Å². The lowest BCUT2D eigenvalue weighted by molar-refractivity contribution is 0.901. The molecule has 0 fully saturated rings. The predicted octanol–water partition coefficient (Wildman–Crippen LogP) is 4.15. The molecular formula is C13H21Si. The Morgan fingerprint density at radius 2 is 1.64 bits per heavy atom. The summed E-state index contributed by atoms with van der Waals surface area (Å²) in [5.41, 5.74) is 1.50. The Bertz CT molecular complexity index is 226. The molecule has 0 aliphatic rings. The third-order valence-corrected chi connectivity index (χ3v) is 5.90. The summed E-state index contributed by atoms with van der Waals surface area (Å²) in [5.74, 6) is 0. The number of rotatable bonds is 6. The van der Waals surface area contributed by atoms with E-state index in [0.717, 1.165) is 0 Å². The van der Waals surface area contributed by atoms with Crippen molar-refractivity contribution in [3.63, 3.8) is 0 Å². The Morgan fingerprint density at radius 1 is 1.00 bits per heavy atom. The van der Waals surface area contributed by atoms with Crippen LogP contribution in [0.5, 0.6) is 0 Å². The van der Waals surface area contributed by atoms with Crippen molar-refractivity contribution in [1.29, 1.82) is 0 Å². The summed E-state index contributed by atoms with van der Waals surface area (Å²) in [6.45, 7) is 4.70. The van der Waals surface area contributed by atoms with E-state index >= 15 is 0 Å². The summed E-state index contributed by atoms with van der Waals surface area (Å²) in [5, 5.41) is 0. The highest BCUT2D eigenvalue weighted by Crippen LogP contribution is 2.11. The summed E-state index contributed by atoms with van der Waals surface area (Å²) in [4.78, 5) is 0. The number of hydrogen-bond acceptors (Lipinski definition) is 0. The van der Waals surface area contributed by atoms with Crippen LogP contribution in [0, 0.1) is 0 Å². The third kappa shape index (κ3) is 4.10. The fraction of sp³-hybridized carbons (Fsp3) is 0.538. The molecule has 0 nitrogen and oxygen atoms in total. The minimum absolute atomic E-state index is 0.00710. The van der Waals surface area contributed by atoms with Crippen LogP contribution in [0.25, 0.3) is 0 Å². The minimum atomic E-state index is 0.00710. The smallest absolute Gasteiger partial charge is 0.0473 e. The van der Waals surface area contributed by atoms with Gasteiger partial charge >= 0.3 is 0 Å². The summed E-state index contributed by atoms with van der Waals surface area (Å²) in [6.07, 6.45) is 2.66. The van der Waals surface area contributed by atoms with E-state index in [9.17, 15) is 0 Å². The molecule has 1 heteroatoms. The van der Waals surface area contributed by atoms with Crippen LogP contribution in [0.3, 0.4) is 0 Å². The van der Waals surface area contributed by atoms with Gasteiger partial charge in [-0.2, -0.15) is 0 Å². The first kappa shape index (κ1) is 11.5. The van der Waals surface area contributed by atoms with Gasteiger partial charge in [-0.15, -0.1) is 0 Å². The van der Waals surface area contributed by atoms with Crippen LogP contribution in [-0.4, -0.2) is 8.80 Å². The van der Waals surface area contributed by atoms with Gasteiger partial charge in [-0.25, -0.2) is 0 Å². The normalized spacial score (nSPS) is 10.8. The van der Waals surface area contributed by atoms with Crippen LogP contribution in [0.4, 0.5) is 0 Å². The summed E-state index contributed by atoms with van der Waals surface area (Å²) in [7, 11) is 0.00710. The molecule has 0 unspecified atom stereocenters. The monoisotopic (exact) mass is 205 g/mol. The second-order valence-corrected chi connectivity index (χ2v) is 7.21. The fourth-order valence-electron chi connectivity index (χ4n) is 1.79. The molecule has 0 aromatic heterocycles. The molecule has 1 rings (SSSR count). The lowest BCUT2D eigenvalue weighted by Gasteiger charge is -2.09. The second-order valence-electron chi connectivity index (χ2n) is 3.80. The standard InChI is InChI=1S/C13H21Si/c1-3-14(4-2)12-8-11-13-9-6-5-7-10-13/h5-7,9-10H,3-4,8,11-12H2,1-2H3. The van der Waals surface area contributed by atoms with Gasteiger partial charge < -0.3 is 0 Å². The third-order valence-electron chi connectivity index (χ3n) is 2.84. The molecule has 0 atom stereocenters. The molecule has 0 heterocycles. The Kier molecular flexibility index (Phi) is 5.61. The molecule has 0 aliphatic heterocycles. The first-order chi connectivity index (χ1) is 6.86. The van der Waals surface area contributed by atoms with Crippen LogP contribution in [0.1, 0.15) is 25.8 Å². The van der Waals surface area contributed by atoms with Gasteiger partial charge in [-0.05, 0) is 12.0 Å². The van der Waals surface area contributed by atoms with Crippen molar-refractivity contribution < 1.29 is 0 Å². The van der Waals surface area contributed by atoms with E-state index < -0.39 is 0 Å². The number of aryl methyl sites for hydroxylation is 1. The maximum Gasteiger partial charge on any atom is 0.0473 e. The van der Waals surface area contributed by atoms with Crippen molar-refractivity contribution in [2.45, 2.75) is 44.8 Å². The first-order valence-corrected chi connectivity index (χ1v) is 7.86. The highest BCUT2D eigenvalue weighted by atomic mass is 28.3. The van der Waals surface area contributed by atoms with E-state index in [2.05, 4.69) is 44.2 Å². The quantitative estimate of drug-likeness (QED) is 0.612. The molecule has 0 saturated heterocycles. The lowest BCUT2D eigenvalue weighted by atomic mass is 10.1. The molecule has 0 spiro atoms. The molecule has 1 aromatic rings. The summed E-state index contributed by atoms with van der Waals surface area (Å²) >= 11 is 0. The molecule has 0 bridgehead atoms. The zero-order valence-corrected chi connectivity index (χ0v) is 10.4. The molecule has 0 aliphatic carbocycles. The largest absolute Gasteiger partial charge is 0.0680 e. The van der Waals surface area contributed by atoms with Crippen LogP contribution in [0.15, 0.2) is 30.3 Å². The van der Waals surface area contributed by atoms with Gasteiger partial charge in [0.1, 0.15) is 0 Å². The van der Waals surface area contributed by atoms with E-state index in [4.69, 9.17) is 0 Å². The number of hydrogen-bond donors (Lipinski definition) is 0. The molecule has 1 radical (unpaired) electrons. The highest BCUT2D eigenvalue weighted by Gasteiger charge is 2.04. The molecule has 0 saturated carbocycles. The van der Waals surface area contributed by atoms with E-state index in [-0.39, 0.29) is 8.80 Å². The molecule has 0 amide bonds. The fourth-order valence-corrected chi connectivity index (χ4v) is 3.67. The average Bonchev–Trinajstić information content (AvgIpc) is 2.26. The second kappa shape index (κ2) is 6.83. The molecule has 77 valence electrons. The van der Waals surface area contributed by atoms with Gasteiger partial charge in [0, 0.05) is 8.80 Å². The lowest BCUT2D eigenvalue weighted by Crippen LogP contribution is -2.08. The molecule has 14 heavy (non-hydrogen) atoms. The van der Waals surface area contributed by atoms with E-state index in [1.54, 1.807) is 0 Å². The minimum Gasteiger partial charge on any atom is -0.0680 e. The molecule has 1 aromatic carbocycles. The highest BCUT2D eigenvalue weighted by molar-refractivity contribution is 6.58. The number of benzene rings is 1. The van der Waals surface area contributed by atoms with Gasteiger partial charge in [0.05, 0.1) is 0 Å². The topological polar surface area (TPSA) is 0 Å². The maximum atomic E-state index is 2.35. The Hall–Kier alpha value is -0.563. The average molecular weight is 205 g/mol. The Balaban J connectivity index is 2.21.